The molecule has 0 spiro atoms. The molecule has 0 unspecified atom stereocenters. The quantitative estimate of drug-likeness (QED) is 0.356. The third-order valence-corrected chi connectivity index (χ3v) is 4.58. The Bertz CT molecular complexity index is 864. The number of halogens is 1. The van der Waals surface area contributed by atoms with Crippen LogP contribution in [0.25, 0.3) is 6.08 Å². The van der Waals surface area contributed by atoms with Crippen molar-refractivity contribution in [3.63, 3.8) is 0 Å². The minimum absolute atomic E-state index is 0.0638. The topological polar surface area (TPSA) is 63.5 Å². The van der Waals surface area contributed by atoms with E-state index in [1.54, 1.807) is 18.2 Å². The third kappa shape index (κ3) is 3.19. The summed E-state index contributed by atoms with van der Waals surface area (Å²) >= 11 is 6.36. The van der Waals surface area contributed by atoms with E-state index >= 15 is 0 Å². The van der Waals surface area contributed by atoms with Gasteiger partial charge in [-0.1, -0.05) is 36.1 Å². The van der Waals surface area contributed by atoms with Gasteiger partial charge in [-0.15, -0.1) is 0 Å². The zero-order chi connectivity index (χ0) is 17.3. The number of nitrogens with zero attached hydrogens (tertiary/aromatic N) is 2. The van der Waals surface area contributed by atoms with Gasteiger partial charge in [-0.25, -0.2) is 4.39 Å². The predicted molar refractivity (Wildman–Crippen MR) is 95.1 cm³/mol. The van der Waals surface area contributed by atoms with E-state index in [4.69, 9.17) is 12.2 Å². The highest BCUT2D eigenvalue weighted by molar-refractivity contribution is 8.27. The standard InChI is InChI=1S/C16H9FN2O3S2/c17-11-3-1-10(2-4-11)9-14-15(20)18(16(23)24-14)12-5-7-13(8-6-12)19(21)22/h1-9H. The normalized spacial score (nSPS) is 16.0. The molecule has 1 amide bonds. The van der Waals surface area contributed by atoms with E-state index in [2.05, 4.69) is 0 Å². The van der Waals surface area contributed by atoms with Gasteiger partial charge >= 0.3 is 0 Å². The molecule has 1 heterocycles. The number of thioether (sulfide) groups is 1. The van der Waals surface area contributed by atoms with Gasteiger partial charge in [-0.3, -0.25) is 19.8 Å². The SMILES string of the molecule is O=C1C(=Cc2ccc(F)cc2)SC(=S)N1c1ccc([N+](=O)[O-])cc1. The number of anilines is 1. The number of hydrogen-bond acceptors (Lipinski definition) is 5. The Morgan fingerprint density at radius 3 is 2.33 bits per heavy atom. The maximum Gasteiger partial charge on any atom is 0.270 e. The van der Waals surface area contributed by atoms with Crippen molar-refractivity contribution >= 4 is 51.7 Å². The van der Waals surface area contributed by atoms with Crippen molar-refractivity contribution in [2.45, 2.75) is 0 Å². The lowest BCUT2D eigenvalue weighted by Gasteiger charge is -2.13. The molecule has 8 heteroatoms. The monoisotopic (exact) mass is 360 g/mol. The molecule has 1 aliphatic heterocycles. The summed E-state index contributed by atoms with van der Waals surface area (Å²) in [4.78, 5) is 24.5. The number of rotatable bonds is 3. The van der Waals surface area contributed by atoms with Crippen molar-refractivity contribution in [1.29, 1.82) is 0 Å². The fourth-order valence-corrected chi connectivity index (χ4v) is 3.42. The van der Waals surface area contributed by atoms with E-state index in [0.29, 0.717) is 20.5 Å². The summed E-state index contributed by atoms with van der Waals surface area (Å²) in [6, 6.07) is 11.3. The number of non-ortho nitro benzene ring substituents is 1. The summed E-state index contributed by atoms with van der Waals surface area (Å²) in [7, 11) is 0. The molecule has 1 saturated heterocycles. The minimum atomic E-state index is -0.511. The first-order valence-corrected chi connectivity index (χ1v) is 7.96. The highest BCUT2D eigenvalue weighted by Crippen LogP contribution is 2.36. The molecule has 0 saturated carbocycles. The summed E-state index contributed by atoms with van der Waals surface area (Å²) in [5.74, 6) is -0.672. The van der Waals surface area contributed by atoms with Gasteiger partial charge < -0.3 is 0 Å². The van der Waals surface area contributed by atoms with Gasteiger partial charge in [0.1, 0.15) is 5.82 Å². The Morgan fingerprint density at radius 1 is 1.12 bits per heavy atom. The number of carbonyl (C=O) groups is 1. The van der Waals surface area contributed by atoms with Crippen LogP contribution in [-0.2, 0) is 4.79 Å². The van der Waals surface area contributed by atoms with Crippen LogP contribution in [0.2, 0.25) is 0 Å². The zero-order valence-corrected chi connectivity index (χ0v) is 13.6. The molecule has 0 bridgehead atoms. The number of nitro groups is 1. The second-order valence-corrected chi connectivity index (χ2v) is 6.52. The molecule has 24 heavy (non-hydrogen) atoms. The molecule has 3 rings (SSSR count). The Morgan fingerprint density at radius 2 is 1.75 bits per heavy atom. The molecule has 5 nitrogen and oxygen atoms in total. The highest BCUT2D eigenvalue weighted by atomic mass is 32.2. The highest BCUT2D eigenvalue weighted by Gasteiger charge is 2.33. The maximum absolute atomic E-state index is 12.9. The maximum atomic E-state index is 12.9. The molecule has 0 aromatic heterocycles. The summed E-state index contributed by atoms with van der Waals surface area (Å²) < 4.78 is 13.3. The van der Waals surface area contributed by atoms with Crippen molar-refractivity contribution in [3.8, 4) is 0 Å². The number of thiocarbonyl (C=S) groups is 1. The fourth-order valence-electron chi connectivity index (χ4n) is 2.12. The molecule has 1 aliphatic rings. The largest absolute Gasteiger partial charge is 0.270 e. The Kier molecular flexibility index (Phi) is 4.41. The van der Waals surface area contributed by atoms with Gasteiger partial charge in [0, 0.05) is 12.1 Å². The van der Waals surface area contributed by atoms with Crippen LogP contribution in [0.1, 0.15) is 5.56 Å². The first kappa shape index (κ1) is 16.3. The number of amides is 1. The number of carbonyl (C=O) groups excluding carboxylic acids is 1. The van der Waals surface area contributed by atoms with Crippen molar-refractivity contribution in [1.82, 2.24) is 0 Å². The summed E-state index contributed by atoms with van der Waals surface area (Å²) in [6.07, 6.45) is 1.63. The Balaban J connectivity index is 1.88. The van der Waals surface area contributed by atoms with Gasteiger partial charge in [0.15, 0.2) is 4.32 Å². The van der Waals surface area contributed by atoms with Crippen molar-refractivity contribution in [2.24, 2.45) is 0 Å². The van der Waals surface area contributed by atoms with E-state index in [0.717, 1.165) is 11.8 Å². The van der Waals surface area contributed by atoms with E-state index in [1.807, 2.05) is 0 Å². The second kappa shape index (κ2) is 6.50. The molecule has 0 radical (unpaired) electrons. The van der Waals surface area contributed by atoms with Gasteiger partial charge in [-0.05, 0) is 35.9 Å². The lowest BCUT2D eigenvalue weighted by Crippen LogP contribution is -2.27. The van der Waals surface area contributed by atoms with Crippen LogP contribution in [0.15, 0.2) is 53.4 Å². The Hall–Kier alpha value is -2.58. The van der Waals surface area contributed by atoms with Crippen LogP contribution in [0, 0.1) is 15.9 Å². The molecule has 0 aliphatic carbocycles. The lowest BCUT2D eigenvalue weighted by atomic mass is 10.2. The van der Waals surface area contributed by atoms with Crippen molar-refractivity contribution in [2.75, 3.05) is 4.90 Å². The molecule has 0 N–H and O–H groups in total. The third-order valence-electron chi connectivity index (χ3n) is 3.28. The van der Waals surface area contributed by atoms with Crippen LogP contribution in [0.3, 0.4) is 0 Å². The molecule has 2 aromatic rings. The number of hydrogen-bond donors (Lipinski definition) is 0. The summed E-state index contributed by atoms with van der Waals surface area (Å²) in [5.41, 5.74) is 1.08. The van der Waals surface area contributed by atoms with Crippen LogP contribution >= 0.6 is 24.0 Å². The van der Waals surface area contributed by atoms with Gasteiger partial charge in [0.05, 0.1) is 15.5 Å². The van der Waals surface area contributed by atoms with Gasteiger partial charge in [0.2, 0.25) is 0 Å². The molecular formula is C16H9FN2O3S2. The van der Waals surface area contributed by atoms with E-state index in [-0.39, 0.29) is 17.4 Å². The number of nitro benzene ring substituents is 1. The average Bonchev–Trinajstić information content (AvgIpc) is 2.83. The van der Waals surface area contributed by atoms with Crippen LogP contribution < -0.4 is 4.90 Å². The predicted octanol–water partition coefficient (Wildman–Crippen LogP) is 4.14. The summed E-state index contributed by atoms with van der Waals surface area (Å²) in [5, 5.41) is 10.7. The fraction of sp³-hybridized carbons (Fsp3) is 0. The van der Waals surface area contributed by atoms with Gasteiger partial charge in [-0.2, -0.15) is 0 Å². The molecule has 2 aromatic carbocycles. The summed E-state index contributed by atoms with van der Waals surface area (Å²) in [6.45, 7) is 0. The average molecular weight is 360 g/mol. The van der Waals surface area contributed by atoms with Crippen LogP contribution in [0.4, 0.5) is 15.8 Å². The van der Waals surface area contributed by atoms with E-state index < -0.39 is 4.92 Å². The zero-order valence-electron chi connectivity index (χ0n) is 12.0. The second-order valence-electron chi connectivity index (χ2n) is 4.84. The van der Waals surface area contributed by atoms with Crippen LogP contribution in [-0.4, -0.2) is 15.2 Å². The smallest absolute Gasteiger partial charge is 0.268 e. The molecule has 120 valence electrons. The van der Waals surface area contributed by atoms with Crippen LogP contribution in [0.5, 0.6) is 0 Å². The van der Waals surface area contributed by atoms with E-state index in [9.17, 15) is 19.3 Å². The molecular weight excluding hydrogens is 351 g/mol. The van der Waals surface area contributed by atoms with Crippen molar-refractivity contribution in [3.05, 3.63) is 74.9 Å². The first-order chi connectivity index (χ1) is 11.5. The van der Waals surface area contributed by atoms with Gasteiger partial charge in [0.25, 0.3) is 11.6 Å². The molecule has 0 atom stereocenters. The number of benzene rings is 2. The Labute approximate surface area is 145 Å². The lowest BCUT2D eigenvalue weighted by molar-refractivity contribution is -0.384. The van der Waals surface area contributed by atoms with Crippen molar-refractivity contribution < 1.29 is 14.1 Å². The minimum Gasteiger partial charge on any atom is -0.268 e. The molecule has 1 fully saturated rings. The van der Waals surface area contributed by atoms with E-state index in [1.165, 1.54) is 41.3 Å². The first-order valence-electron chi connectivity index (χ1n) is 6.74.